The van der Waals surface area contributed by atoms with Gasteiger partial charge in [0.05, 0.1) is 5.56 Å². The second-order valence-electron chi connectivity index (χ2n) is 3.87. The number of nitrogens with one attached hydrogen (secondary N) is 1. The third-order valence-corrected chi connectivity index (χ3v) is 2.69. The highest BCUT2D eigenvalue weighted by atomic mass is 16.4. The molecule has 1 aromatic carbocycles. The summed E-state index contributed by atoms with van der Waals surface area (Å²) in [6, 6.07) is 7.46. The van der Waals surface area contributed by atoms with Crippen molar-refractivity contribution in [2.24, 2.45) is 0 Å². The Hall–Kier alpha value is -2.03. The van der Waals surface area contributed by atoms with Gasteiger partial charge in [-0.3, -0.25) is 0 Å². The van der Waals surface area contributed by atoms with Gasteiger partial charge < -0.3 is 10.1 Å². The number of aryl methyl sites for hydroxylation is 2. The van der Waals surface area contributed by atoms with E-state index in [1.165, 1.54) is 0 Å². The topological polar surface area (TPSA) is 53.1 Å². The normalized spacial score (nSPS) is 10.4. The molecule has 0 saturated heterocycles. The Morgan fingerprint density at radius 2 is 2.00 bits per heavy atom. The number of carboxylic acids is 1. The molecule has 0 unspecified atom stereocenters. The van der Waals surface area contributed by atoms with Gasteiger partial charge >= 0.3 is 5.97 Å². The van der Waals surface area contributed by atoms with Crippen LogP contribution in [0.3, 0.4) is 0 Å². The van der Waals surface area contributed by atoms with Gasteiger partial charge in [0.15, 0.2) is 0 Å². The van der Waals surface area contributed by atoms with Crippen LogP contribution in [0.25, 0.3) is 11.3 Å². The predicted molar refractivity (Wildman–Crippen MR) is 62.7 cm³/mol. The fraction of sp³-hybridized carbons (Fsp3) is 0.154. The van der Waals surface area contributed by atoms with Gasteiger partial charge in [-0.2, -0.15) is 0 Å². The molecule has 1 heterocycles. The van der Waals surface area contributed by atoms with E-state index in [9.17, 15) is 4.79 Å². The number of aromatic amines is 1. The Morgan fingerprint density at radius 3 is 2.56 bits per heavy atom. The van der Waals surface area contributed by atoms with E-state index < -0.39 is 5.97 Å². The number of benzene rings is 1. The van der Waals surface area contributed by atoms with Gasteiger partial charge in [-0.05, 0) is 43.2 Å². The molecule has 0 saturated carbocycles. The molecule has 2 aromatic rings. The van der Waals surface area contributed by atoms with Gasteiger partial charge in [0, 0.05) is 17.5 Å². The predicted octanol–water partition coefficient (Wildman–Crippen LogP) is 3.00. The van der Waals surface area contributed by atoms with Gasteiger partial charge in [-0.1, -0.05) is 6.07 Å². The molecule has 0 radical (unpaired) electrons. The number of carboxylic acid groups (broad SMARTS) is 1. The molecule has 1 aromatic heterocycles. The zero-order chi connectivity index (χ0) is 11.7. The van der Waals surface area contributed by atoms with Gasteiger partial charge in [0.1, 0.15) is 0 Å². The molecule has 3 heteroatoms. The second kappa shape index (κ2) is 3.85. The van der Waals surface area contributed by atoms with E-state index in [-0.39, 0.29) is 0 Å². The van der Waals surface area contributed by atoms with E-state index in [0.717, 1.165) is 22.4 Å². The Morgan fingerprint density at radius 1 is 1.25 bits per heavy atom. The van der Waals surface area contributed by atoms with Crippen LogP contribution < -0.4 is 0 Å². The maximum Gasteiger partial charge on any atom is 0.335 e. The molecule has 0 aliphatic heterocycles. The fourth-order valence-electron chi connectivity index (χ4n) is 1.87. The first-order valence-electron chi connectivity index (χ1n) is 5.08. The van der Waals surface area contributed by atoms with E-state index in [1.54, 1.807) is 6.07 Å². The van der Waals surface area contributed by atoms with E-state index in [4.69, 9.17) is 5.11 Å². The minimum Gasteiger partial charge on any atom is -0.478 e. The first-order chi connectivity index (χ1) is 7.59. The van der Waals surface area contributed by atoms with Crippen molar-refractivity contribution >= 4 is 5.97 Å². The monoisotopic (exact) mass is 215 g/mol. The molecule has 0 aliphatic rings. The van der Waals surface area contributed by atoms with E-state index in [2.05, 4.69) is 4.98 Å². The maximum atomic E-state index is 11.0. The number of hydrogen-bond donors (Lipinski definition) is 2. The average molecular weight is 215 g/mol. The Balaban J connectivity index is 2.63. The minimum atomic E-state index is -0.884. The van der Waals surface area contributed by atoms with E-state index in [1.807, 2.05) is 38.2 Å². The number of carbonyl (C=O) groups is 1. The van der Waals surface area contributed by atoms with Crippen molar-refractivity contribution in [3.05, 3.63) is 47.2 Å². The zero-order valence-electron chi connectivity index (χ0n) is 9.24. The molecule has 82 valence electrons. The van der Waals surface area contributed by atoms with Crippen molar-refractivity contribution in [2.75, 3.05) is 0 Å². The summed E-state index contributed by atoms with van der Waals surface area (Å²) in [4.78, 5) is 14.1. The number of rotatable bonds is 2. The minimum absolute atomic E-state index is 0.357. The van der Waals surface area contributed by atoms with Crippen LogP contribution in [0.5, 0.6) is 0 Å². The number of hydrogen-bond acceptors (Lipinski definition) is 1. The molecular weight excluding hydrogens is 202 g/mol. The van der Waals surface area contributed by atoms with Crippen molar-refractivity contribution in [1.29, 1.82) is 0 Å². The summed E-state index contributed by atoms with van der Waals surface area (Å²) in [5.41, 5.74) is 4.11. The maximum absolute atomic E-state index is 11.0. The summed E-state index contributed by atoms with van der Waals surface area (Å²) in [7, 11) is 0. The fourth-order valence-corrected chi connectivity index (χ4v) is 1.87. The summed E-state index contributed by atoms with van der Waals surface area (Å²) in [5, 5.41) is 9.07. The largest absolute Gasteiger partial charge is 0.478 e. The summed E-state index contributed by atoms with van der Waals surface area (Å²) < 4.78 is 0. The lowest BCUT2D eigenvalue weighted by Crippen LogP contribution is -2.01. The van der Waals surface area contributed by atoms with Gasteiger partial charge in [-0.15, -0.1) is 0 Å². The van der Waals surface area contributed by atoms with Gasteiger partial charge in [0.2, 0.25) is 0 Å². The van der Waals surface area contributed by atoms with Crippen LogP contribution >= 0.6 is 0 Å². The SMILES string of the molecule is Cc1cc(C)c(-c2ccc[nH]2)cc1C(=O)O. The first-order valence-corrected chi connectivity index (χ1v) is 5.08. The van der Waals surface area contributed by atoms with E-state index in [0.29, 0.717) is 5.56 Å². The van der Waals surface area contributed by atoms with Crippen LogP contribution in [0.15, 0.2) is 30.5 Å². The van der Waals surface area contributed by atoms with Gasteiger partial charge in [-0.25, -0.2) is 4.79 Å². The van der Waals surface area contributed by atoms with Crippen molar-refractivity contribution < 1.29 is 9.90 Å². The Labute approximate surface area is 93.7 Å². The van der Waals surface area contributed by atoms with Crippen LogP contribution in [-0.4, -0.2) is 16.1 Å². The molecule has 0 amide bonds. The summed E-state index contributed by atoms with van der Waals surface area (Å²) in [6.45, 7) is 3.80. The third kappa shape index (κ3) is 1.72. The highest BCUT2D eigenvalue weighted by molar-refractivity contribution is 5.91. The molecular formula is C13H13NO2. The first kappa shape index (κ1) is 10.5. The zero-order valence-corrected chi connectivity index (χ0v) is 9.24. The lowest BCUT2D eigenvalue weighted by molar-refractivity contribution is 0.0696. The van der Waals surface area contributed by atoms with Crippen LogP contribution in [-0.2, 0) is 0 Å². The smallest absolute Gasteiger partial charge is 0.335 e. The number of aromatic nitrogens is 1. The molecule has 0 spiro atoms. The third-order valence-electron chi connectivity index (χ3n) is 2.69. The molecule has 0 bridgehead atoms. The van der Waals surface area contributed by atoms with Crippen LogP contribution in [0.4, 0.5) is 0 Å². The molecule has 0 fully saturated rings. The van der Waals surface area contributed by atoms with E-state index >= 15 is 0 Å². The van der Waals surface area contributed by atoms with Crippen molar-refractivity contribution in [3.8, 4) is 11.3 Å². The lowest BCUT2D eigenvalue weighted by Gasteiger charge is -2.08. The van der Waals surface area contributed by atoms with Crippen molar-refractivity contribution in [3.63, 3.8) is 0 Å². The number of aromatic carboxylic acids is 1. The standard InChI is InChI=1S/C13H13NO2/c1-8-6-9(2)11(13(15)16)7-10(8)12-4-3-5-14-12/h3-7,14H,1-2H3,(H,15,16). The molecule has 0 aliphatic carbocycles. The highest BCUT2D eigenvalue weighted by Gasteiger charge is 2.11. The number of H-pyrrole nitrogens is 1. The van der Waals surface area contributed by atoms with Gasteiger partial charge in [0.25, 0.3) is 0 Å². The quantitative estimate of drug-likeness (QED) is 0.809. The van der Waals surface area contributed by atoms with Crippen molar-refractivity contribution in [1.82, 2.24) is 4.98 Å². The molecule has 0 atom stereocenters. The summed E-state index contributed by atoms with van der Waals surface area (Å²) in [6.07, 6.45) is 1.83. The summed E-state index contributed by atoms with van der Waals surface area (Å²) in [5.74, 6) is -0.884. The Bertz CT molecular complexity index is 527. The average Bonchev–Trinajstić information content (AvgIpc) is 2.70. The second-order valence-corrected chi connectivity index (χ2v) is 3.87. The summed E-state index contributed by atoms with van der Waals surface area (Å²) >= 11 is 0. The molecule has 2 rings (SSSR count). The molecule has 16 heavy (non-hydrogen) atoms. The Kier molecular flexibility index (Phi) is 2.52. The van der Waals surface area contributed by atoms with Crippen LogP contribution in [0, 0.1) is 13.8 Å². The van der Waals surface area contributed by atoms with Crippen LogP contribution in [0.1, 0.15) is 21.5 Å². The lowest BCUT2D eigenvalue weighted by atomic mass is 9.98. The highest BCUT2D eigenvalue weighted by Crippen LogP contribution is 2.25. The van der Waals surface area contributed by atoms with Crippen LogP contribution in [0.2, 0.25) is 0 Å². The van der Waals surface area contributed by atoms with Crippen molar-refractivity contribution in [2.45, 2.75) is 13.8 Å². The molecule has 3 nitrogen and oxygen atoms in total. The molecule has 2 N–H and O–H groups in total.